The fourth-order valence-electron chi connectivity index (χ4n) is 5.84. The Morgan fingerprint density at radius 1 is 0.805 bits per heavy atom. The van der Waals surface area contributed by atoms with Gasteiger partial charge in [-0.3, -0.25) is 0 Å². The number of nitrogens with zero attached hydrogens (tertiary/aromatic N) is 4. The van der Waals surface area contributed by atoms with Crippen molar-refractivity contribution in [2.45, 2.75) is 86.0 Å². The fraction of sp³-hybridized carbons (Fsp3) is 0.389. The number of pyridine rings is 1. The molecule has 5 nitrogen and oxygen atoms in total. The van der Waals surface area contributed by atoms with E-state index in [1.54, 1.807) is 0 Å². The number of hydrogen-bond acceptors (Lipinski definition) is 4. The van der Waals surface area contributed by atoms with E-state index < -0.39 is 0 Å². The van der Waals surface area contributed by atoms with Crippen molar-refractivity contribution in [1.82, 2.24) is 15.0 Å². The molecule has 5 heteroatoms. The van der Waals surface area contributed by atoms with Crippen LogP contribution in [0.5, 0.6) is 11.5 Å². The third kappa shape index (κ3) is 4.29. The molecule has 3 heterocycles. The van der Waals surface area contributed by atoms with Crippen LogP contribution in [-0.2, 0) is 17.9 Å². The summed E-state index contributed by atoms with van der Waals surface area (Å²) < 4.78 is 9.32. The van der Waals surface area contributed by atoms with E-state index >= 15 is 0 Å². The first kappa shape index (κ1) is 27.3. The molecule has 0 amide bonds. The molecule has 41 heavy (non-hydrogen) atoms. The lowest BCUT2D eigenvalue weighted by Crippen LogP contribution is -2.34. The Hall–Kier alpha value is -3.86. The van der Waals surface area contributed by atoms with Crippen LogP contribution in [0, 0.1) is 13.8 Å². The zero-order valence-electron chi connectivity index (χ0n) is 26.3. The highest BCUT2D eigenvalue weighted by molar-refractivity contribution is 6.08. The third-order valence-electron chi connectivity index (χ3n) is 8.37. The molecule has 0 spiro atoms. The van der Waals surface area contributed by atoms with Gasteiger partial charge in [0.15, 0.2) is 5.82 Å². The smallest absolute Gasteiger partial charge is 0.257 e. The minimum absolute atomic E-state index is 0.244. The van der Waals surface area contributed by atoms with Crippen LogP contribution in [0.1, 0.15) is 89.6 Å². The van der Waals surface area contributed by atoms with Crippen LogP contribution in [0.4, 0.5) is 0 Å². The molecule has 0 fully saturated rings. The second-order valence-corrected chi connectivity index (χ2v) is 14.0. The molecule has 0 atom stereocenters. The first-order valence-electron chi connectivity index (χ1n) is 14.6. The van der Waals surface area contributed by atoms with Crippen molar-refractivity contribution in [2.75, 3.05) is 0 Å². The largest absolute Gasteiger partial charge is 0.449 e. The summed E-state index contributed by atoms with van der Waals surface area (Å²) in [7, 11) is 2.14. The average Bonchev–Trinajstić information content (AvgIpc) is 2.89. The molecule has 5 aromatic rings. The topological polar surface area (TPSA) is 51.8 Å². The number of hydrogen-bond donors (Lipinski definition) is 0. The molecule has 3 aromatic carbocycles. The van der Waals surface area contributed by atoms with Gasteiger partial charge in [-0.05, 0) is 54.0 Å². The first-order valence-corrected chi connectivity index (χ1v) is 14.6. The van der Waals surface area contributed by atoms with Gasteiger partial charge < -0.3 is 4.74 Å². The molecule has 6 rings (SSSR count). The summed E-state index contributed by atoms with van der Waals surface area (Å²) in [6.07, 6.45) is 0. The second-order valence-electron chi connectivity index (χ2n) is 14.0. The highest BCUT2D eigenvalue weighted by Gasteiger charge is 2.37. The lowest BCUT2D eigenvalue weighted by Gasteiger charge is -2.26. The van der Waals surface area contributed by atoms with Gasteiger partial charge in [0.2, 0.25) is 11.3 Å². The molecule has 1 aliphatic rings. The van der Waals surface area contributed by atoms with Gasteiger partial charge in [-0.1, -0.05) is 79.7 Å². The lowest BCUT2D eigenvalue weighted by molar-refractivity contribution is -0.633. The highest BCUT2D eigenvalue weighted by Crippen LogP contribution is 2.52. The standard InChI is InChI=1S/C36H41N4O/c1-19(2)22-17-23-16-20(3)21(4)27-28(23)26(18-22)41-31-29(24-14-12-13-15-25(24)40(11)30(27)31)32-37-33(35(5,6)7)39-34(38-32)36(8,9)10/h12-19H,1-11H3/q+1. The van der Waals surface area contributed by atoms with Crippen molar-refractivity contribution in [3.63, 3.8) is 0 Å². The highest BCUT2D eigenvalue weighted by atomic mass is 16.5. The Kier molecular flexibility index (Phi) is 6.04. The maximum absolute atomic E-state index is 7.04. The summed E-state index contributed by atoms with van der Waals surface area (Å²) in [5, 5.41) is 3.45. The third-order valence-corrected chi connectivity index (χ3v) is 8.37. The Morgan fingerprint density at radius 2 is 1.44 bits per heavy atom. The monoisotopic (exact) mass is 545 g/mol. The molecule has 0 saturated carbocycles. The molecule has 0 bridgehead atoms. The summed E-state index contributed by atoms with van der Waals surface area (Å²) in [5.41, 5.74) is 7.62. The number of benzene rings is 3. The van der Waals surface area contributed by atoms with Crippen LogP contribution in [0.3, 0.4) is 0 Å². The molecular formula is C36H41N4O+. The van der Waals surface area contributed by atoms with E-state index in [-0.39, 0.29) is 10.8 Å². The van der Waals surface area contributed by atoms with Gasteiger partial charge in [0.25, 0.3) is 5.69 Å². The predicted molar refractivity (Wildman–Crippen MR) is 168 cm³/mol. The number of ether oxygens (including phenoxy) is 1. The maximum atomic E-state index is 7.04. The van der Waals surface area contributed by atoms with Crippen molar-refractivity contribution in [3.05, 3.63) is 70.8 Å². The molecule has 0 unspecified atom stereocenters. The van der Waals surface area contributed by atoms with E-state index in [1.807, 2.05) is 0 Å². The summed E-state index contributed by atoms with van der Waals surface area (Å²) in [6.45, 7) is 21.8. The lowest BCUT2D eigenvalue weighted by atomic mass is 9.87. The summed E-state index contributed by atoms with van der Waals surface area (Å²) >= 11 is 0. The van der Waals surface area contributed by atoms with Crippen LogP contribution in [0.25, 0.3) is 44.3 Å². The van der Waals surface area contributed by atoms with Crippen molar-refractivity contribution >= 4 is 21.7 Å². The van der Waals surface area contributed by atoms with Gasteiger partial charge >= 0.3 is 0 Å². The molecule has 0 saturated heterocycles. The predicted octanol–water partition coefficient (Wildman–Crippen LogP) is 8.78. The second kappa shape index (κ2) is 9.07. The quantitative estimate of drug-likeness (QED) is 0.204. The SMILES string of the molecule is Cc1cc2cc(C(C)C)cc3c2c(c1C)-c1c(c(-c2nc(C(C)(C)C)nc(C(C)(C)C)n2)c2ccccc2[n+]1C)O3. The van der Waals surface area contributed by atoms with Gasteiger partial charge in [0.1, 0.15) is 24.4 Å². The van der Waals surface area contributed by atoms with Gasteiger partial charge in [0, 0.05) is 22.3 Å². The van der Waals surface area contributed by atoms with Crippen LogP contribution in [0.2, 0.25) is 0 Å². The van der Waals surface area contributed by atoms with Crippen LogP contribution in [-0.4, -0.2) is 15.0 Å². The van der Waals surface area contributed by atoms with Crippen molar-refractivity contribution in [3.8, 4) is 34.1 Å². The molecule has 0 N–H and O–H groups in total. The van der Waals surface area contributed by atoms with Gasteiger partial charge in [-0.25, -0.2) is 15.0 Å². The number of fused-ring (bicyclic) bond motifs is 3. The van der Waals surface area contributed by atoms with Crippen LogP contribution in [0.15, 0.2) is 42.5 Å². The van der Waals surface area contributed by atoms with Crippen molar-refractivity contribution in [2.24, 2.45) is 7.05 Å². The minimum atomic E-state index is -0.244. The van der Waals surface area contributed by atoms with E-state index in [0.29, 0.717) is 11.7 Å². The Balaban J connectivity index is 1.81. The average molecular weight is 546 g/mol. The van der Waals surface area contributed by atoms with Gasteiger partial charge in [-0.2, -0.15) is 4.57 Å². The molecule has 2 aromatic heterocycles. The maximum Gasteiger partial charge on any atom is 0.257 e. The molecule has 0 aliphatic carbocycles. The Morgan fingerprint density at radius 3 is 2.05 bits per heavy atom. The Bertz CT molecular complexity index is 1860. The molecule has 1 aliphatic heterocycles. The Labute approximate surface area is 243 Å². The molecule has 210 valence electrons. The number of rotatable bonds is 2. The minimum Gasteiger partial charge on any atom is -0.449 e. The normalized spacial score (nSPS) is 13.2. The first-order chi connectivity index (χ1) is 19.2. The zero-order chi connectivity index (χ0) is 29.6. The van der Waals surface area contributed by atoms with E-state index in [9.17, 15) is 0 Å². The molecule has 0 radical (unpaired) electrons. The summed E-state index contributed by atoms with van der Waals surface area (Å²) in [6, 6.07) is 15.4. The molecular weight excluding hydrogens is 504 g/mol. The van der Waals surface area contributed by atoms with Crippen LogP contribution < -0.4 is 9.30 Å². The summed E-state index contributed by atoms with van der Waals surface area (Å²) in [4.78, 5) is 15.3. The zero-order valence-corrected chi connectivity index (χ0v) is 26.3. The number of aromatic nitrogens is 4. The van der Waals surface area contributed by atoms with E-state index in [0.717, 1.165) is 45.3 Å². The number of para-hydroxylation sites is 1. The van der Waals surface area contributed by atoms with Crippen molar-refractivity contribution < 1.29 is 9.30 Å². The van der Waals surface area contributed by atoms with E-state index in [1.165, 1.54) is 33.0 Å². The van der Waals surface area contributed by atoms with E-state index in [2.05, 4.69) is 123 Å². The summed E-state index contributed by atoms with van der Waals surface area (Å²) in [5.74, 6) is 4.31. The van der Waals surface area contributed by atoms with Gasteiger partial charge in [0.05, 0.1) is 16.5 Å². The van der Waals surface area contributed by atoms with E-state index in [4.69, 9.17) is 19.7 Å². The van der Waals surface area contributed by atoms with Crippen LogP contribution >= 0.6 is 0 Å². The fourth-order valence-corrected chi connectivity index (χ4v) is 5.84. The van der Waals surface area contributed by atoms with Crippen molar-refractivity contribution in [1.29, 1.82) is 0 Å². The van der Waals surface area contributed by atoms with Gasteiger partial charge in [-0.15, -0.1) is 0 Å². The number of aryl methyl sites for hydroxylation is 2.